The molecule has 1 saturated heterocycles. The van der Waals surface area contributed by atoms with Gasteiger partial charge in [0.1, 0.15) is 5.75 Å². The fourth-order valence-corrected chi connectivity index (χ4v) is 4.19. The number of ether oxygens (including phenoxy) is 1. The number of rotatable bonds is 6. The van der Waals surface area contributed by atoms with Crippen LogP contribution in [0.3, 0.4) is 0 Å². The SMILES string of the molecule is COc1cc(N2CCC(C(Cn3nc(C(F)(F)F)cc3C)NC(C)=O)CC2)ccc1Cl. The summed E-state index contributed by atoms with van der Waals surface area (Å²) in [5, 5.41) is 7.17. The minimum atomic E-state index is -4.50. The second-order valence-corrected chi connectivity index (χ2v) is 8.21. The van der Waals surface area contributed by atoms with E-state index in [1.54, 1.807) is 20.1 Å². The Bertz CT molecular complexity index is 924. The van der Waals surface area contributed by atoms with Crippen LogP contribution in [0, 0.1) is 12.8 Å². The van der Waals surface area contributed by atoms with Gasteiger partial charge in [0.25, 0.3) is 0 Å². The summed E-state index contributed by atoms with van der Waals surface area (Å²) in [5.41, 5.74) is 0.486. The van der Waals surface area contributed by atoms with Crippen LogP contribution in [-0.4, -0.2) is 41.9 Å². The predicted octanol–water partition coefficient (Wildman–Crippen LogP) is 4.29. The molecule has 0 bridgehead atoms. The Hall–Kier alpha value is -2.42. The van der Waals surface area contributed by atoms with E-state index in [0.29, 0.717) is 16.5 Å². The molecule has 2 aromatic rings. The summed E-state index contributed by atoms with van der Waals surface area (Å²) in [4.78, 5) is 14.0. The lowest BCUT2D eigenvalue weighted by molar-refractivity contribution is -0.141. The Kier molecular flexibility index (Phi) is 7.03. The summed E-state index contributed by atoms with van der Waals surface area (Å²) in [7, 11) is 1.57. The van der Waals surface area contributed by atoms with Crippen molar-refractivity contribution in [1.29, 1.82) is 0 Å². The highest BCUT2D eigenvalue weighted by atomic mass is 35.5. The van der Waals surface area contributed by atoms with Crippen molar-refractivity contribution in [2.45, 2.75) is 45.5 Å². The number of carbonyl (C=O) groups is 1. The number of benzene rings is 1. The number of piperidine rings is 1. The first kappa shape index (κ1) is 23.2. The van der Waals surface area contributed by atoms with Crippen LogP contribution >= 0.6 is 11.6 Å². The van der Waals surface area contributed by atoms with E-state index < -0.39 is 11.9 Å². The molecule has 6 nitrogen and oxygen atoms in total. The number of methoxy groups -OCH3 is 1. The van der Waals surface area contributed by atoms with Gasteiger partial charge < -0.3 is 15.0 Å². The average molecular weight is 459 g/mol. The molecule has 2 heterocycles. The van der Waals surface area contributed by atoms with E-state index in [2.05, 4.69) is 15.3 Å². The summed E-state index contributed by atoms with van der Waals surface area (Å²) in [5.74, 6) is 0.509. The molecule has 10 heteroatoms. The monoisotopic (exact) mass is 458 g/mol. The summed E-state index contributed by atoms with van der Waals surface area (Å²) in [6, 6.07) is 6.34. The van der Waals surface area contributed by atoms with Gasteiger partial charge in [0, 0.05) is 37.5 Å². The molecule has 1 aromatic heterocycles. The Morgan fingerprint density at radius 3 is 2.55 bits per heavy atom. The Morgan fingerprint density at radius 2 is 2.00 bits per heavy atom. The molecule has 0 saturated carbocycles. The van der Waals surface area contributed by atoms with Crippen molar-refractivity contribution in [2.75, 3.05) is 25.1 Å². The van der Waals surface area contributed by atoms with E-state index in [9.17, 15) is 18.0 Å². The number of hydrogen-bond donors (Lipinski definition) is 1. The fraction of sp³-hybridized carbons (Fsp3) is 0.524. The van der Waals surface area contributed by atoms with Crippen LogP contribution in [0.4, 0.5) is 18.9 Å². The van der Waals surface area contributed by atoms with Crippen molar-refractivity contribution >= 4 is 23.2 Å². The number of amides is 1. The highest BCUT2D eigenvalue weighted by Crippen LogP contribution is 2.33. The minimum absolute atomic E-state index is 0.118. The fourth-order valence-electron chi connectivity index (χ4n) is 4.00. The molecule has 1 unspecified atom stereocenters. The van der Waals surface area contributed by atoms with Crippen molar-refractivity contribution < 1.29 is 22.7 Å². The number of alkyl halides is 3. The normalized spacial score (nSPS) is 16.3. The van der Waals surface area contributed by atoms with Gasteiger partial charge >= 0.3 is 6.18 Å². The number of aryl methyl sites for hydroxylation is 1. The minimum Gasteiger partial charge on any atom is -0.495 e. The quantitative estimate of drug-likeness (QED) is 0.701. The maximum Gasteiger partial charge on any atom is 0.435 e. The largest absolute Gasteiger partial charge is 0.495 e. The van der Waals surface area contributed by atoms with Crippen molar-refractivity contribution in [1.82, 2.24) is 15.1 Å². The van der Waals surface area contributed by atoms with Gasteiger partial charge in [0.05, 0.1) is 24.7 Å². The van der Waals surface area contributed by atoms with Crippen LogP contribution in [0.25, 0.3) is 0 Å². The predicted molar refractivity (Wildman–Crippen MR) is 113 cm³/mol. The molecule has 1 aliphatic heterocycles. The standard InChI is InChI=1S/C21H26ClF3N4O2/c1-13-10-20(21(23,24)25)27-29(13)12-18(26-14(2)30)15-6-8-28(9-7-15)16-4-5-17(22)19(11-16)31-3/h4-5,10-11,15,18H,6-9,12H2,1-3H3,(H,26,30). The zero-order valence-electron chi connectivity index (χ0n) is 17.7. The molecular weight excluding hydrogens is 433 g/mol. The molecule has 1 aromatic carbocycles. The Labute approximate surface area is 184 Å². The third-order valence-corrected chi connectivity index (χ3v) is 5.95. The van der Waals surface area contributed by atoms with Crippen LogP contribution in [0.5, 0.6) is 5.75 Å². The first-order valence-corrected chi connectivity index (χ1v) is 10.4. The summed E-state index contributed by atoms with van der Waals surface area (Å²) >= 11 is 6.11. The second kappa shape index (κ2) is 9.38. The zero-order chi connectivity index (χ0) is 22.8. The van der Waals surface area contributed by atoms with E-state index in [1.807, 2.05) is 12.1 Å². The highest BCUT2D eigenvalue weighted by molar-refractivity contribution is 6.32. The van der Waals surface area contributed by atoms with Gasteiger partial charge in [-0.3, -0.25) is 9.48 Å². The second-order valence-electron chi connectivity index (χ2n) is 7.80. The molecular formula is C21H26ClF3N4O2. The van der Waals surface area contributed by atoms with Crippen LogP contribution in [0.2, 0.25) is 5.02 Å². The van der Waals surface area contributed by atoms with Gasteiger partial charge in [-0.1, -0.05) is 11.6 Å². The molecule has 1 fully saturated rings. The number of nitrogens with one attached hydrogen (secondary N) is 1. The zero-order valence-corrected chi connectivity index (χ0v) is 18.4. The van der Waals surface area contributed by atoms with E-state index >= 15 is 0 Å². The van der Waals surface area contributed by atoms with Crippen LogP contribution in [0.1, 0.15) is 31.2 Å². The van der Waals surface area contributed by atoms with Gasteiger partial charge in [-0.05, 0) is 43.9 Å². The summed E-state index contributed by atoms with van der Waals surface area (Å²) in [6.45, 7) is 4.69. The van der Waals surface area contributed by atoms with Crippen LogP contribution < -0.4 is 15.0 Å². The number of hydrogen-bond acceptors (Lipinski definition) is 4. The molecule has 0 radical (unpaired) electrons. The van der Waals surface area contributed by atoms with Gasteiger partial charge in [0.15, 0.2) is 5.69 Å². The first-order valence-electron chi connectivity index (χ1n) is 10.1. The van der Waals surface area contributed by atoms with Gasteiger partial charge in [-0.15, -0.1) is 0 Å². The molecule has 170 valence electrons. The number of carbonyl (C=O) groups excluding carboxylic acids is 1. The maximum atomic E-state index is 13.0. The van der Waals surface area contributed by atoms with E-state index in [-0.39, 0.29) is 24.4 Å². The molecule has 0 spiro atoms. The van der Waals surface area contributed by atoms with Crippen LogP contribution in [0.15, 0.2) is 24.3 Å². The lowest BCUT2D eigenvalue weighted by Gasteiger charge is -2.37. The van der Waals surface area contributed by atoms with E-state index in [0.717, 1.165) is 37.7 Å². The number of anilines is 1. The average Bonchev–Trinajstić information content (AvgIpc) is 3.08. The topological polar surface area (TPSA) is 59.4 Å². The molecule has 1 atom stereocenters. The third kappa shape index (κ3) is 5.64. The van der Waals surface area contributed by atoms with E-state index in [1.165, 1.54) is 11.6 Å². The summed E-state index contributed by atoms with van der Waals surface area (Å²) < 4.78 is 45.6. The molecule has 31 heavy (non-hydrogen) atoms. The highest BCUT2D eigenvalue weighted by Gasteiger charge is 2.35. The smallest absolute Gasteiger partial charge is 0.435 e. The Balaban J connectivity index is 1.70. The van der Waals surface area contributed by atoms with Crippen molar-refractivity contribution in [2.24, 2.45) is 5.92 Å². The Morgan fingerprint density at radius 1 is 1.32 bits per heavy atom. The lowest BCUT2D eigenvalue weighted by atomic mass is 9.88. The third-order valence-electron chi connectivity index (χ3n) is 5.64. The molecule has 1 N–H and O–H groups in total. The molecule has 0 aliphatic carbocycles. The number of nitrogens with zero attached hydrogens (tertiary/aromatic N) is 3. The van der Waals surface area contributed by atoms with Crippen LogP contribution in [-0.2, 0) is 17.5 Å². The maximum absolute atomic E-state index is 13.0. The van der Waals surface area contributed by atoms with Crippen molar-refractivity contribution in [3.05, 3.63) is 40.7 Å². The van der Waals surface area contributed by atoms with Crippen molar-refractivity contribution in [3.63, 3.8) is 0 Å². The van der Waals surface area contributed by atoms with Gasteiger partial charge in [-0.25, -0.2) is 0 Å². The van der Waals surface area contributed by atoms with Gasteiger partial charge in [0.2, 0.25) is 5.91 Å². The summed E-state index contributed by atoms with van der Waals surface area (Å²) in [6.07, 6.45) is -2.94. The lowest BCUT2D eigenvalue weighted by Crippen LogP contribution is -2.47. The number of halogens is 4. The molecule has 1 amide bonds. The first-order chi connectivity index (χ1) is 14.6. The molecule has 1 aliphatic rings. The van der Waals surface area contributed by atoms with E-state index in [4.69, 9.17) is 16.3 Å². The van der Waals surface area contributed by atoms with Crippen molar-refractivity contribution in [3.8, 4) is 5.75 Å². The molecule has 3 rings (SSSR count). The number of aromatic nitrogens is 2. The van der Waals surface area contributed by atoms with Gasteiger partial charge in [-0.2, -0.15) is 18.3 Å².